The Bertz CT molecular complexity index is 182. The maximum absolute atomic E-state index is 9.23. The van der Waals surface area contributed by atoms with Gasteiger partial charge in [0, 0.05) is 6.61 Å². The van der Waals surface area contributed by atoms with Crippen LogP contribution < -0.4 is 0 Å². The van der Waals surface area contributed by atoms with Crippen LogP contribution >= 0.6 is 0 Å². The zero-order chi connectivity index (χ0) is 14.7. The van der Waals surface area contributed by atoms with E-state index in [0.29, 0.717) is 6.61 Å². The van der Waals surface area contributed by atoms with E-state index >= 15 is 0 Å². The molecule has 1 nitrogen and oxygen atoms in total. The van der Waals surface area contributed by atoms with E-state index in [0.717, 1.165) is 30.1 Å². The highest BCUT2D eigenvalue weighted by atomic mass is 16.3. The van der Waals surface area contributed by atoms with Crippen LogP contribution in [0.25, 0.3) is 0 Å². The van der Waals surface area contributed by atoms with Crippen LogP contribution in [0, 0.1) is 23.7 Å². The lowest BCUT2D eigenvalue weighted by atomic mass is 9.71. The molecule has 0 amide bonds. The van der Waals surface area contributed by atoms with Crippen LogP contribution in [0.15, 0.2) is 0 Å². The first kappa shape index (κ1) is 19.0. The van der Waals surface area contributed by atoms with Crippen LogP contribution in [0.5, 0.6) is 0 Å². The lowest BCUT2D eigenvalue weighted by molar-refractivity contribution is 0.137. The molecule has 2 unspecified atom stereocenters. The van der Waals surface area contributed by atoms with Gasteiger partial charge in [0.25, 0.3) is 0 Å². The molecule has 0 aliphatic heterocycles. The van der Waals surface area contributed by atoms with Gasteiger partial charge >= 0.3 is 0 Å². The van der Waals surface area contributed by atoms with E-state index in [9.17, 15) is 5.11 Å². The molecule has 0 aromatic heterocycles. The first-order chi connectivity index (χ1) is 9.19. The fraction of sp³-hybridized carbons (Fsp3) is 1.00. The SMILES string of the molecule is CC.CCCCC(CCO)C(C)C1CCC(C)CC1. The van der Waals surface area contributed by atoms with Crippen molar-refractivity contribution in [3.8, 4) is 0 Å². The predicted octanol–water partition coefficient (Wildman–Crippen LogP) is 5.66. The molecule has 0 bridgehead atoms. The number of aliphatic hydroxyl groups excluding tert-OH is 1. The molecule has 2 atom stereocenters. The van der Waals surface area contributed by atoms with Crippen molar-refractivity contribution >= 4 is 0 Å². The van der Waals surface area contributed by atoms with E-state index in [2.05, 4.69) is 20.8 Å². The summed E-state index contributed by atoms with van der Waals surface area (Å²) in [6.45, 7) is 11.5. The van der Waals surface area contributed by atoms with E-state index in [1.165, 1.54) is 44.9 Å². The van der Waals surface area contributed by atoms with Gasteiger partial charge in [-0.2, -0.15) is 0 Å². The topological polar surface area (TPSA) is 20.2 Å². The third kappa shape index (κ3) is 7.34. The highest BCUT2D eigenvalue weighted by Crippen LogP contribution is 2.38. The molecule has 19 heavy (non-hydrogen) atoms. The molecule has 0 aromatic rings. The molecule has 1 rings (SSSR count). The molecule has 0 heterocycles. The Labute approximate surface area is 122 Å². The minimum Gasteiger partial charge on any atom is -0.396 e. The van der Waals surface area contributed by atoms with Crippen molar-refractivity contribution in [2.45, 2.75) is 86.0 Å². The zero-order valence-electron chi connectivity index (χ0n) is 14.1. The number of aliphatic hydroxyl groups is 1. The molecule has 1 N–H and O–H groups in total. The van der Waals surface area contributed by atoms with Gasteiger partial charge in [-0.3, -0.25) is 0 Å². The minimum absolute atomic E-state index is 0.377. The minimum atomic E-state index is 0.377. The summed E-state index contributed by atoms with van der Waals surface area (Å²) in [5, 5.41) is 9.23. The van der Waals surface area contributed by atoms with Gasteiger partial charge in [-0.25, -0.2) is 0 Å². The Hall–Kier alpha value is -0.0400. The lowest BCUT2D eigenvalue weighted by Crippen LogP contribution is -2.25. The zero-order valence-corrected chi connectivity index (χ0v) is 14.1. The normalized spacial score (nSPS) is 26.2. The Kier molecular flexibility index (Phi) is 11.7. The van der Waals surface area contributed by atoms with Crippen molar-refractivity contribution < 1.29 is 5.11 Å². The van der Waals surface area contributed by atoms with Gasteiger partial charge in [-0.05, 0) is 42.9 Å². The Morgan fingerprint density at radius 1 is 1.05 bits per heavy atom. The van der Waals surface area contributed by atoms with Crippen molar-refractivity contribution in [3.05, 3.63) is 0 Å². The predicted molar refractivity (Wildman–Crippen MR) is 86.4 cm³/mol. The molecular weight excluding hydrogens is 232 g/mol. The van der Waals surface area contributed by atoms with Crippen LogP contribution in [0.3, 0.4) is 0 Å². The average Bonchev–Trinajstić information content (AvgIpc) is 2.45. The maximum atomic E-state index is 9.23. The van der Waals surface area contributed by atoms with Crippen LogP contribution in [0.4, 0.5) is 0 Å². The highest BCUT2D eigenvalue weighted by Gasteiger charge is 2.28. The van der Waals surface area contributed by atoms with Gasteiger partial charge < -0.3 is 5.11 Å². The summed E-state index contributed by atoms with van der Waals surface area (Å²) in [6.07, 6.45) is 10.7. The molecule has 0 saturated heterocycles. The van der Waals surface area contributed by atoms with Gasteiger partial charge in [0.1, 0.15) is 0 Å². The summed E-state index contributed by atoms with van der Waals surface area (Å²) in [6, 6.07) is 0. The van der Waals surface area contributed by atoms with E-state index in [4.69, 9.17) is 0 Å². The molecule has 1 aliphatic carbocycles. The van der Waals surface area contributed by atoms with E-state index in [-0.39, 0.29) is 0 Å². The van der Waals surface area contributed by atoms with Gasteiger partial charge in [0.15, 0.2) is 0 Å². The van der Waals surface area contributed by atoms with E-state index in [1.807, 2.05) is 13.8 Å². The van der Waals surface area contributed by atoms with Gasteiger partial charge in [0.05, 0.1) is 0 Å². The third-order valence-electron chi connectivity index (χ3n) is 4.98. The number of unbranched alkanes of at least 4 members (excludes halogenated alkanes) is 1. The molecule has 0 spiro atoms. The molecule has 0 aromatic carbocycles. The Morgan fingerprint density at radius 3 is 2.11 bits per heavy atom. The fourth-order valence-corrected chi connectivity index (χ4v) is 3.50. The van der Waals surface area contributed by atoms with Crippen molar-refractivity contribution in [1.29, 1.82) is 0 Å². The number of rotatable bonds is 7. The smallest absolute Gasteiger partial charge is 0.0433 e. The summed E-state index contributed by atoms with van der Waals surface area (Å²) < 4.78 is 0. The third-order valence-corrected chi connectivity index (χ3v) is 4.98. The second kappa shape index (κ2) is 11.8. The van der Waals surface area contributed by atoms with Crippen LogP contribution in [0.2, 0.25) is 0 Å². The Balaban J connectivity index is 0.00000154. The van der Waals surface area contributed by atoms with Crippen LogP contribution in [-0.4, -0.2) is 11.7 Å². The van der Waals surface area contributed by atoms with Gasteiger partial charge in [-0.15, -0.1) is 0 Å². The summed E-state index contributed by atoms with van der Waals surface area (Å²) in [4.78, 5) is 0. The highest BCUT2D eigenvalue weighted by molar-refractivity contribution is 4.78. The van der Waals surface area contributed by atoms with E-state index in [1.54, 1.807) is 0 Å². The first-order valence-corrected chi connectivity index (χ1v) is 8.79. The van der Waals surface area contributed by atoms with Gasteiger partial charge in [0.2, 0.25) is 0 Å². The number of hydrogen-bond donors (Lipinski definition) is 1. The van der Waals surface area contributed by atoms with Gasteiger partial charge in [-0.1, -0.05) is 66.7 Å². The summed E-state index contributed by atoms with van der Waals surface area (Å²) in [5.41, 5.74) is 0. The molecular formula is C18H38O. The molecule has 0 radical (unpaired) electrons. The second-order valence-corrected chi connectivity index (χ2v) is 6.29. The summed E-state index contributed by atoms with van der Waals surface area (Å²) in [7, 11) is 0. The summed E-state index contributed by atoms with van der Waals surface area (Å²) in [5.74, 6) is 3.46. The largest absolute Gasteiger partial charge is 0.396 e. The van der Waals surface area contributed by atoms with Crippen molar-refractivity contribution in [2.24, 2.45) is 23.7 Å². The van der Waals surface area contributed by atoms with Crippen molar-refractivity contribution in [3.63, 3.8) is 0 Å². The maximum Gasteiger partial charge on any atom is 0.0433 e. The second-order valence-electron chi connectivity index (χ2n) is 6.29. The first-order valence-electron chi connectivity index (χ1n) is 8.79. The quantitative estimate of drug-likeness (QED) is 0.632. The molecule has 116 valence electrons. The van der Waals surface area contributed by atoms with Crippen LogP contribution in [-0.2, 0) is 0 Å². The number of hydrogen-bond acceptors (Lipinski definition) is 1. The van der Waals surface area contributed by atoms with Crippen LogP contribution in [0.1, 0.15) is 86.0 Å². The monoisotopic (exact) mass is 270 g/mol. The Morgan fingerprint density at radius 2 is 1.63 bits per heavy atom. The molecule has 1 fully saturated rings. The fourth-order valence-electron chi connectivity index (χ4n) is 3.50. The van der Waals surface area contributed by atoms with E-state index < -0.39 is 0 Å². The molecule has 1 saturated carbocycles. The lowest BCUT2D eigenvalue weighted by Gasteiger charge is -2.35. The molecule has 1 heteroatoms. The van der Waals surface area contributed by atoms with Crippen molar-refractivity contribution in [2.75, 3.05) is 6.61 Å². The molecule has 1 aliphatic rings. The standard InChI is InChI=1S/C16H32O.C2H6/c1-4-5-6-15(11-12-17)14(3)16-9-7-13(2)8-10-16;1-2/h13-17H,4-12H2,1-3H3;1-2H3. The average molecular weight is 271 g/mol. The summed E-state index contributed by atoms with van der Waals surface area (Å²) >= 11 is 0. The van der Waals surface area contributed by atoms with Crippen molar-refractivity contribution in [1.82, 2.24) is 0 Å².